The second-order valence-corrected chi connectivity index (χ2v) is 7.03. The van der Waals surface area contributed by atoms with Crippen molar-refractivity contribution in [3.8, 4) is 5.88 Å². The number of carbonyl (C=O) groups is 1. The average Bonchev–Trinajstić information content (AvgIpc) is 3.42. The fourth-order valence-corrected chi connectivity index (χ4v) is 3.25. The van der Waals surface area contributed by atoms with Gasteiger partial charge in [-0.15, -0.1) is 0 Å². The van der Waals surface area contributed by atoms with Gasteiger partial charge >= 0.3 is 0 Å². The maximum atomic E-state index is 12.0. The summed E-state index contributed by atoms with van der Waals surface area (Å²) in [6.07, 6.45) is 5.31. The predicted octanol–water partition coefficient (Wildman–Crippen LogP) is 3.29. The molecule has 26 heavy (non-hydrogen) atoms. The third-order valence-electron chi connectivity index (χ3n) is 4.69. The van der Waals surface area contributed by atoms with Gasteiger partial charge in [0.25, 0.3) is 0 Å². The Bertz CT molecular complexity index is 876. The van der Waals surface area contributed by atoms with Crippen LogP contribution in [0.4, 0.5) is 0 Å². The van der Waals surface area contributed by atoms with Crippen LogP contribution in [0.3, 0.4) is 0 Å². The first-order valence-corrected chi connectivity index (χ1v) is 9.16. The lowest BCUT2D eigenvalue weighted by molar-refractivity contribution is -0.141. The zero-order valence-electron chi connectivity index (χ0n) is 14.6. The van der Waals surface area contributed by atoms with Crippen molar-refractivity contribution in [1.82, 2.24) is 14.9 Å². The molecule has 6 nitrogen and oxygen atoms in total. The summed E-state index contributed by atoms with van der Waals surface area (Å²) >= 11 is 6.07. The molecule has 0 bridgehead atoms. The van der Waals surface area contributed by atoms with Crippen LogP contribution in [0, 0.1) is 5.92 Å². The van der Waals surface area contributed by atoms with Gasteiger partial charge in [-0.2, -0.15) is 0 Å². The molecule has 0 spiro atoms. The number of fused-ring (bicyclic) bond motifs is 1. The van der Waals surface area contributed by atoms with Crippen LogP contribution in [0.25, 0.3) is 16.5 Å². The Kier molecular flexibility index (Phi) is 4.44. The monoisotopic (exact) mass is 373 g/mol. The third-order valence-corrected chi connectivity index (χ3v) is 4.89. The van der Waals surface area contributed by atoms with Crippen molar-refractivity contribution in [3.63, 3.8) is 0 Å². The first-order chi connectivity index (χ1) is 12.6. The smallest absolute Gasteiger partial charge is 0.225 e. The summed E-state index contributed by atoms with van der Waals surface area (Å²) in [6, 6.07) is 1.76. The Morgan fingerprint density at radius 3 is 2.77 bits per heavy atom. The van der Waals surface area contributed by atoms with E-state index in [9.17, 15) is 4.79 Å². The van der Waals surface area contributed by atoms with E-state index in [1.165, 1.54) is 0 Å². The van der Waals surface area contributed by atoms with Gasteiger partial charge in [-0.1, -0.05) is 18.2 Å². The van der Waals surface area contributed by atoms with Gasteiger partial charge in [0.15, 0.2) is 0 Å². The minimum atomic E-state index is -0.0509. The Balaban J connectivity index is 1.55. The molecule has 2 aliphatic rings. The minimum Gasteiger partial charge on any atom is -0.494 e. The highest BCUT2D eigenvalue weighted by Crippen LogP contribution is 2.34. The molecule has 0 radical (unpaired) electrons. The van der Waals surface area contributed by atoms with Crippen LogP contribution < -0.4 is 4.74 Å². The first kappa shape index (κ1) is 17.1. The molecule has 136 valence electrons. The van der Waals surface area contributed by atoms with Gasteiger partial charge in [-0.25, -0.2) is 9.97 Å². The van der Waals surface area contributed by atoms with Gasteiger partial charge in [0.05, 0.1) is 25.1 Å². The number of carbonyl (C=O) groups excluding carboxylic acids is 1. The van der Waals surface area contributed by atoms with E-state index < -0.39 is 0 Å². The van der Waals surface area contributed by atoms with Crippen molar-refractivity contribution in [1.29, 1.82) is 0 Å². The Labute approximate surface area is 156 Å². The van der Waals surface area contributed by atoms with Gasteiger partial charge in [0.1, 0.15) is 17.0 Å². The molecule has 1 aliphatic carbocycles. The van der Waals surface area contributed by atoms with Crippen LogP contribution in [-0.2, 0) is 9.53 Å². The fraction of sp³-hybridized carbons (Fsp3) is 0.421. The normalized spacial score (nSPS) is 17.1. The molecule has 4 rings (SSSR count). The van der Waals surface area contributed by atoms with E-state index in [1.807, 2.05) is 11.8 Å². The quantitative estimate of drug-likeness (QED) is 0.574. The molecule has 2 aromatic rings. The second kappa shape index (κ2) is 6.76. The van der Waals surface area contributed by atoms with Crippen LogP contribution >= 0.6 is 11.6 Å². The summed E-state index contributed by atoms with van der Waals surface area (Å²) in [4.78, 5) is 22.5. The summed E-state index contributed by atoms with van der Waals surface area (Å²) in [5.74, 6) is 1.51. The van der Waals surface area contributed by atoms with Crippen molar-refractivity contribution in [2.45, 2.75) is 25.9 Å². The molecular weight excluding hydrogens is 354 g/mol. The SMILES string of the molecule is C=C(OCC)c1cnc(OC2CN(C(=O)C3CC3)C2)c2cnc(Cl)cc12. The standard InChI is InChI=1S/C19H20ClN3O3/c1-3-25-11(2)15-7-22-18(16-8-21-17(20)6-14(15)16)26-13-9-23(10-13)19(24)12-4-5-12/h6-8,12-13H,2-5,9-10H2,1H3. The zero-order valence-corrected chi connectivity index (χ0v) is 15.3. The van der Waals surface area contributed by atoms with Gasteiger partial charge < -0.3 is 14.4 Å². The Hall–Kier alpha value is -2.34. The number of amides is 1. The molecule has 1 saturated carbocycles. The lowest BCUT2D eigenvalue weighted by Crippen LogP contribution is -2.56. The van der Waals surface area contributed by atoms with Gasteiger partial charge in [-0.05, 0) is 25.8 Å². The van der Waals surface area contributed by atoms with Crippen LogP contribution in [0.15, 0.2) is 25.0 Å². The lowest BCUT2D eigenvalue weighted by Gasteiger charge is -2.39. The highest BCUT2D eigenvalue weighted by Gasteiger charge is 2.40. The van der Waals surface area contributed by atoms with Crippen molar-refractivity contribution in [2.75, 3.05) is 19.7 Å². The van der Waals surface area contributed by atoms with Crippen LogP contribution in [0.1, 0.15) is 25.3 Å². The maximum Gasteiger partial charge on any atom is 0.225 e. The molecule has 0 unspecified atom stereocenters. The number of ether oxygens (including phenoxy) is 2. The van der Waals surface area contributed by atoms with E-state index >= 15 is 0 Å². The largest absolute Gasteiger partial charge is 0.494 e. The van der Waals surface area contributed by atoms with Crippen molar-refractivity contribution in [2.24, 2.45) is 5.92 Å². The summed E-state index contributed by atoms with van der Waals surface area (Å²) in [7, 11) is 0. The van der Waals surface area contributed by atoms with E-state index in [-0.39, 0.29) is 17.9 Å². The summed E-state index contributed by atoms with van der Waals surface area (Å²) in [5.41, 5.74) is 0.762. The minimum absolute atomic E-state index is 0.0509. The van der Waals surface area contributed by atoms with Crippen LogP contribution in [-0.4, -0.2) is 46.6 Å². The van der Waals surface area contributed by atoms with E-state index in [2.05, 4.69) is 16.5 Å². The number of hydrogen-bond donors (Lipinski definition) is 0. The summed E-state index contributed by atoms with van der Waals surface area (Å²) in [5, 5.41) is 1.96. The molecule has 1 amide bonds. The van der Waals surface area contributed by atoms with Crippen LogP contribution in [0.2, 0.25) is 5.15 Å². The van der Waals surface area contributed by atoms with Gasteiger partial charge in [-0.3, -0.25) is 4.79 Å². The number of aromatic nitrogens is 2. The lowest BCUT2D eigenvalue weighted by atomic mass is 10.1. The molecular formula is C19H20ClN3O3. The number of rotatable bonds is 6. The number of pyridine rings is 2. The van der Waals surface area contributed by atoms with Gasteiger partial charge in [0.2, 0.25) is 11.8 Å². The molecule has 1 saturated heterocycles. The molecule has 0 aromatic carbocycles. The number of nitrogens with zero attached hydrogens (tertiary/aromatic N) is 3. The topological polar surface area (TPSA) is 64.6 Å². The molecule has 0 atom stereocenters. The maximum absolute atomic E-state index is 12.0. The summed E-state index contributed by atoms with van der Waals surface area (Å²) < 4.78 is 11.5. The second-order valence-electron chi connectivity index (χ2n) is 6.64. The van der Waals surface area contributed by atoms with Crippen LogP contribution in [0.5, 0.6) is 5.88 Å². The van der Waals surface area contributed by atoms with E-state index in [4.69, 9.17) is 21.1 Å². The third kappa shape index (κ3) is 3.21. The van der Waals surface area contributed by atoms with Gasteiger partial charge in [0, 0.05) is 29.3 Å². The zero-order chi connectivity index (χ0) is 18.3. The van der Waals surface area contributed by atoms with Crippen molar-refractivity contribution in [3.05, 3.63) is 35.8 Å². The van der Waals surface area contributed by atoms with E-state index in [0.717, 1.165) is 29.2 Å². The molecule has 2 aromatic heterocycles. The summed E-state index contributed by atoms with van der Waals surface area (Å²) in [6.45, 7) is 7.58. The number of halogens is 1. The van der Waals surface area contributed by atoms with Crippen molar-refractivity contribution < 1.29 is 14.3 Å². The Morgan fingerprint density at radius 2 is 2.08 bits per heavy atom. The van der Waals surface area contributed by atoms with Crippen molar-refractivity contribution >= 4 is 34.0 Å². The van der Waals surface area contributed by atoms with E-state index in [1.54, 1.807) is 18.5 Å². The number of hydrogen-bond acceptors (Lipinski definition) is 5. The molecule has 0 N–H and O–H groups in total. The Morgan fingerprint density at radius 1 is 1.31 bits per heavy atom. The number of likely N-dealkylation sites (tertiary alicyclic amines) is 1. The van der Waals surface area contributed by atoms with E-state index in [0.29, 0.717) is 36.5 Å². The molecule has 3 heterocycles. The first-order valence-electron chi connectivity index (χ1n) is 8.78. The highest BCUT2D eigenvalue weighted by molar-refractivity contribution is 6.30. The highest BCUT2D eigenvalue weighted by atomic mass is 35.5. The fourth-order valence-electron chi connectivity index (χ4n) is 3.09. The molecule has 1 aliphatic heterocycles. The predicted molar refractivity (Wildman–Crippen MR) is 98.9 cm³/mol. The molecule has 2 fully saturated rings. The average molecular weight is 374 g/mol. The molecule has 7 heteroatoms.